The number of carbonyl (C=O) groups is 1. The van der Waals surface area contributed by atoms with Crippen LogP contribution in [0.4, 0.5) is 0 Å². The van der Waals surface area contributed by atoms with Crippen LogP contribution in [0.25, 0.3) is 0 Å². The van der Waals surface area contributed by atoms with Crippen LogP contribution in [0.3, 0.4) is 0 Å². The largest absolute Gasteiger partial charge is 0.376 e. The number of hydrogen-bond donors (Lipinski definition) is 0. The maximum absolute atomic E-state index is 12.5. The fourth-order valence-corrected chi connectivity index (χ4v) is 4.32. The highest BCUT2D eigenvalue weighted by molar-refractivity contribution is 7.20. The molecule has 24 heavy (non-hydrogen) atoms. The molecule has 1 aromatic heterocycles. The van der Waals surface area contributed by atoms with E-state index in [-0.39, 0.29) is 5.91 Å². The van der Waals surface area contributed by atoms with E-state index in [1.165, 1.54) is 16.9 Å². The molecular weight excluding hydrogens is 365 g/mol. The Hall–Kier alpha value is -1.07. The van der Waals surface area contributed by atoms with E-state index in [0.29, 0.717) is 26.8 Å². The van der Waals surface area contributed by atoms with Gasteiger partial charge in [-0.15, -0.1) is 11.3 Å². The zero-order chi connectivity index (χ0) is 16.9. The Kier molecular flexibility index (Phi) is 6.17. The predicted molar refractivity (Wildman–Crippen MR) is 99.1 cm³/mol. The van der Waals surface area contributed by atoms with Gasteiger partial charge in [-0.05, 0) is 30.4 Å². The lowest BCUT2D eigenvalue weighted by Crippen LogP contribution is -2.39. The van der Waals surface area contributed by atoms with Crippen molar-refractivity contribution in [3.8, 4) is 0 Å². The molecule has 0 unspecified atom stereocenters. The molecule has 0 radical (unpaired) electrons. The van der Waals surface area contributed by atoms with Gasteiger partial charge in [-0.25, -0.2) is 0 Å². The smallest absolute Gasteiger partial charge is 0.256 e. The molecule has 1 saturated heterocycles. The summed E-state index contributed by atoms with van der Waals surface area (Å²) in [5.41, 5.74) is 1.71. The Morgan fingerprint density at radius 2 is 1.92 bits per heavy atom. The third-order valence-corrected chi connectivity index (χ3v) is 5.74. The summed E-state index contributed by atoms with van der Waals surface area (Å²) in [7, 11) is 0. The zero-order valence-corrected chi connectivity index (χ0v) is 15.5. The van der Waals surface area contributed by atoms with Crippen molar-refractivity contribution in [1.82, 2.24) is 4.90 Å². The number of ether oxygens (including phenoxy) is 1. The van der Waals surface area contributed by atoms with Crippen molar-refractivity contribution < 1.29 is 9.53 Å². The van der Waals surface area contributed by atoms with Gasteiger partial charge in [0, 0.05) is 19.7 Å². The number of rotatable bonds is 5. The predicted octanol–water partition coefficient (Wildman–Crippen LogP) is 5.12. The third kappa shape index (κ3) is 4.51. The van der Waals surface area contributed by atoms with E-state index in [0.717, 1.165) is 32.5 Å². The van der Waals surface area contributed by atoms with Gasteiger partial charge >= 0.3 is 0 Å². The van der Waals surface area contributed by atoms with Crippen LogP contribution in [0.1, 0.15) is 28.8 Å². The number of carbonyl (C=O) groups excluding carboxylic acids is 1. The summed E-state index contributed by atoms with van der Waals surface area (Å²) in [4.78, 5) is 14.4. The van der Waals surface area contributed by atoms with Gasteiger partial charge in [0.2, 0.25) is 0 Å². The van der Waals surface area contributed by atoms with E-state index in [2.05, 4.69) is 12.1 Å². The first-order valence-electron chi connectivity index (χ1n) is 7.99. The average molecular weight is 384 g/mol. The SMILES string of the molecule is O=C(c1cc(Cl)sc1Cl)N1CCC(COCc2ccccc2)CC1. The molecule has 1 aliphatic heterocycles. The number of piperidine rings is 1. The van der Waals surface area contributed by atoms with Crippen LogP contribution in [0.5, 0.6) is 0 Å². The molecule has 1 fully saturated rings. The first-order chi connectivity index (χ1) is 11.6. The Morgan fingerprint density at radius 1 is 1.21 bits per heavy atom. The van der Waals surface area contributed by atoms with Crippen molar-refractivity contribution in [1.29, 1.82) is 0 Å². The van der Waals surface area contributed by atoms with Crippen molar-refractivity contribution in [2.24, 2.45) is 5.92 Å². The molecule has 2 aromatic rings. The second kappa shape index (κ2) is 8.34. The molecule has 1 aromatic carbocycles. The normalized spacial score (nSPS) is 15.7. The molecule has 3 rings (SSSR count). The number of hydrogen-bond acceptors (Lipinski definition) is 3. The van der Waals surface area contributed by atoms with E-state index >= 15 is 0 Å². The monoisotopic (exact) mass is 383 g/mol. The van der Waals surface area contributed by atoms with E-state index in [9.17, 15) is 4.79 Å². The van der Waals surface area contributed by atoms with E-state index in [1.54, 1.807) is 6.07 Å². The third-order valence-electron chi connectivity index (χ3n) is 4.25. The molecule has 0 bridgehead atoms. The molecule has 0 saturated carbocycles. The summed E-state index contributed by atoms with van der Waals surface area (Å²) in [6.45, 7) is 2.86. The first kappa shape index (κ1) is 17.7. The van der Waals surface area contributed by atoms with Crippen LogP contribution < -0.4 is 0 Å². The molecule has 1 aliphatic rings. The standard InChI is InChI=1S/C18H19Cl2NO2S/c19-16-10-15(17(20)24-16)18(22)21-8-6-14(7-9-21)12-23-11-13-4-2-1-3-5-13/h1-5,10,14H,6-9,11-12H2. The highest BCUT2D eigenvalue weighted by atomic mass is 35.5. The fraction of sp³-hybridized carbons (Fsp3) is 0.389. The quantitative estimate of drug-likeness (QED) is 0.716. The summed E-state index contributed by atoms with van der Waals surface area (Å²) in [6, 6.07) is 11.8. The van der Waals surface area contributed by atoms with Crippen LogP contribution in [0.15, 0.2) is 36.4 Å². The minimum Gasteiger partial charge on any atom is -0.376 e. The summed E-state index contributed by atoms with van der Waals surface area (Å²) in [6.07, 6.45) is 1.91. The highest BCUT2D eigenvalue weighted by Gasteiger charge is 2.26. The molecular formula is C18H19Cl2NO2S. The summed E-state index contributed by atoms with van der Waals surface area (Å²) in [5.74, 6) is 0.478. The summed E-state index contributed by atoms with van der Waals surface area (Å²) < 4.78 is 6.84. The maximum atomic E-state index is 12.5. The summed E-state index contributed by atoms with van der Waals surface area (Å²) >= 11 is 13.2. The first-order valence-corrected chi connectivity index (χ1v) is 9.56. The van der Waals surface area contributed by atoms with Crippen LogP contribution in [-0.4, -0.2) is 30.5 Å². The van der Waals surface area contributed by atoms with Crippen molar-refractivity contribution in [2.45, 2.75) is 19.4 Å². The fourth-order valence-electron chi connectivity index (χ4n) is 2.88. The van der Waals surface area contributed by atoms with Gasteiger partial charge < -0.3 is 9.64 Å². The lowest BCUT2D eigenvalue weighted by Gasteiger charge is -2.31. The molecule has 0 spiro atoms. The van der Waals surface area contributed by atoms with Crippen LogP contribution in [0.2, 0.25) is 8.67 Å². The van der Waals surface area contributed by atoms with Crippen LogP contribution in [-0.2, 0) is 11.3 Å². The average Bonchev–Trinajstić information content (AvgIpc) is 2.94. The Morgan fingerprint density at radius 3 is 2.54 bits per heavy atom. The van der Waals surface area contributed by atoms with Crippen molar-refractivity contribution in [2.75, 3.05) is 19.7 Å². The van der Waals surface area contributed by atoms with Crippen molar-refractivity contribution >= 4 is 40.4 Å². The zero-order valence-electron chi connectivity index (χ0n) is 13.2. The Bertz CT molecular complexity index is 682. The molecule has 0 aliphatic carbocycles. The number of benzene rings is 1. The van der Waals surface area contributed by atoms with E-state index < -0.39 is 0 Å². The molecule has 1 amide bonds. The van der Waals surface area contributed by atoms with Gasteiger partial charge in [-0.3, -0.25) is 4.79 Å². The molecule has 2 heterocycles. The number of nitrogens with zero attached hydrogens (tertiary/aromatic N) is 1. The van der Waals surface area contributed by atoms with Gasteiger partial charge in [0.15, 0.2) is 0 Å². The molecule has 0 N–H and O–H groups in total. The molecule has 128 valence electrons. The van der Waals surface area contributed by atoms with Gasteiger partial charge in [0.25, 0.3) is 5.91 Å². The highest BCUT2D eigenvalue weighted by Crippen LogP contribution is 2.32. The van der Waals surface area contributed by atoms with E-state index in [1.807, 2.05) is 23.1 Å². The minimum atomic E-state index is -0.0215. The van der Waals surface area contributed by atoms with Gasteiger partial charge in [-0.1, -0.05) is 53.5 Å². The second-order valence-corrected chi connectivity index (χ2v) is 8.26. The van der Waals surface area contributed by atoms with Crippen molar-refractivity contribution in [3.05, 3.63) is 56.2 Å². The Labute approximate surface area is 156 Å². The number of halogens is 2. The van der Waals surface area contributed by atoms with Crippen LogP contribution in [0, 0.1) is 5.92 Å². The lowest BCUT2D eigenvalue weighted by molar-refractivity contribution is 0.0479. The number of likely N-dealkylation sites (tertiary alicyclic amines) is 1. The number of thiophene rings is 1. The topological polar surface area (TPSA) is 29.5 Å². The van der Waals surface area contributed by atoms with Gasteiger partial charge in [0.05, 0.1) is 16.5 Å². The lowest BCUT2D eigenvalue weighted by atomic mass is 9.97. The van der Waals surface area contributed by atoms with Crippen molar-refractivity contribution in [3.63, 3.8) is 0 Å². The second-order valence-electron chi connectivity index (χ2n) is 5.97. The van der Waals surface area contributed by atoms with Gasteiger partial charge in [-0.2, -0.15) is 0 Å². The van der Waals surface area contributed by atoms with E-state index in [4.69, 9.17) is 27.9 Å². The number of amides is 1. The minimum absolute atomic E-state index is 0.0215. The molecule has 3 nitrogen and oxygen atoms in total. The van der Waals surface area contributed by atoms with Gasteiger partial charge in [0.1, 0.15) is 4.34 Å². The Balaban J connectivity index is 1.44. The summed E-state index contributed by atoms with van der Waals surface area (Å²) in [5, 5.41) is 0. The van der Waals surface area contributed by atoms with Crippen LogP contribution >= 0.6 is 34.5 Å². The molecule has 6 heteroatoms. The molecule has 0 atom stereocenters. The maximum Gasteiger partial charge on any atom is 0.256 e.